The zero-order valence-corrected chi connectivity index (χ0v) is 28.1. The topological polar surface area (TPSA) is 111 Å². The van der Waals surface area contributed by atoms with Crippen LogP contribution in [0.25, 0.3) is 22.3 Å². The third-order valence-corrected chi connectivity index (χ3v) is 11.0. The number of halogens is 1. The molecule has 4 fully saturated rings. The number of rotatable bonds is 10. The van der Waals surface area contributed by atoms with Crippen LogP contribution in [0.3, 0.4) is 0 Å². The monoisotopic (exact) mass is 670 g/mol. The Bertz CT molecular complexity index is 2000. The molecule has 1 saturated heterocycles. The van der Waals surface area contributed by atoms with Gasteiger partial charge in [0.05, 0.1) is 16.9 Å². The number of nitrogens with one attached hydrogen (secondary N) is 3. The van der Waals surface area contributed by atoms with E-state index in [0.29, 0.717) is 42.2 Å². The number of hydrogen-bond donors (Lipinski definition) is 3. The van der Waals surface area contributed by atoms with E-state index < -0.39 is 0 Å². The quantitative estimate of drug-likeness (QED) is 0.107. The van der Waals surface area contributed by atoms with Crippen LogP contribution in [-0.4, -0.2) is 63.3 Å². The lowest BCUT2D eigenvalue weighted by Crippen LogP contribution is -2.59. The minimum atomic E-state index is -0.293. The van der Waals surface area contributed by atoms with E-state index in [2.05, 4.69) is 40.3 Å². The molecule has 3 aliphatic carbocycles. The van der Waals surface area contributed by atoms with Crippen molar-refractivity contribution in [3.8, 4) is 11.4 Å². The average molecular weight is 671 g/mol. The maximum Gasteiger partial charge on any atom is 0.261 e. The number of benzene rings is 2. The molecule has 0 amide bonds. The Morgan fingerprint density at radius 3 is 2.60 bits per heavy atom. The summed E-state index contributed by atoms with van der Waals surface area (Å²) >= 11 is 0. The highest BCUT2D eigenvalue weighted by Crippen LogP contribution is 2.63. The fourth-order valence-electron chi connectivity index (χ4n) is 8.18. The number of anilines is 1. The van der Waals surface area contributed by atoms with Gasteiger partial charge in [-0.2, -0.15) is 0 Å². The van der Waals surface area contributed by atoms with Crippen molar-refractivity contribution in [3.05, 3.63) is 127 Å². The Hall–Kier alpha value is -5.22. The maximum absolute atomic E-state index is 14.1. The molecule has 0 unspecified atom stereocenters. The van der Waals surface area contributed by atoms with Crippen LogP contribution in [0.2, 0.25) is 0 Å². The van der Waals surface area contributed by atoms with E-state index in [1.54, 1.807) is 35.3 Å². The van der Waals surface area contributed by atoms with Crippen LogP contribution in [0.15, 0.2) is 115 Å². The van der Waals surface area contributed by atoms with Gasteiger partial charge in [-0.1, -0.05) is 30.4 Å². The first kappa shape index (κ1) is 33.3. The van der Waals surface area contributed by atoms with Crippen LogP contribution in [0.1, 0.15) is 18.4 Å². The number of fused-ring (bicyclic) bond motifs is 3. The number of aryl methyl sites for hydroxylation is 1. The molecular formula is C40H43FN8O. The van der Waals surface area contributed by atoms with Gasteiger partial charge in [0.1, 0.15) is 11.6 Å². The molecule has 5 atom stereocenters. The summed E-state index contributed by atoms with van der Waals surface area (Å²) in [6.45, 7) is 14.9. The maximum atomic E-state index is 14.1. The normalized spacial score (nSPS) is 24.2. The van der Waals surface area contributed by atoms with Gasteiger partial charge in [-0.3, -0.25) is 14.3 Å². The van der Waals surface area contributed by atoms with Crippen LogP contribution in [0.4, 0.5) is 10.1 Å². The summed E-state index contributed by atoms with van der Waals surface area (Å²) in [7, 11) is 0. The molecule has 4 aromatic rings. The molecule has 9 nitrogen and oxygen atoms in total. The second kappa shape index (κ2) is 14.0. The molecule has 2 aromatic heterocycles. The number of allylic oxidation sites excluding steroid dienone is 2. The summed E-state index contributed by atoms with van der Waals surface area (Å²) < 4.78 is 15.2. The van der Waals surface area contributed by atoms with Crippen LogP contribution < -0.4 is 16.2 Å². The van der Waals surface area contributed by atoms with E-state index in [4.69, 9.17) is 15.4 Å². The highest BCUT2D eigenvalue weighted by Gasteiger charge is 2.59. The van der Waals surface area contributed by atoms with E-state index in [1.807, 2.05) is 48.6 Å². The van der Waals surface area contributed by atoms with Crippen LogP contribution >= 0.6 is 0 Å². The van der Waals surface area contributed by atoms with Crippen molar-refractivity contribution in [2.75, 3.05) is 25.0 Å². The van der Waals surface area contributed by atoms with Crippen molar-refractivity contribution in [1.29, 1.82) is 5.41 Å². The lowest BCUT2D eigenvalue weighted by Gasteiger charge is -2.61. The van der Waals surface area contributed by atoms with Crippen molar-refractivity contribution in [1.82, 2.24) is 24.8 Å². The molecule has 256 valence electrons. The number of pyridine rings is 1. The Morgan fingerprint density at radius 2 is 1.88 bits per heavy atom. The number of guanidine groups is 1. The molecule has 3 saturated carbocycles. The van der Waals surface area contributed by atoms with Crippen LogP contribution in [0.5, 0.6) is 0 Å². The summed E-state index contributed by atoms with van der Waals surface area (Å²) in [5, 5.41) is 16.0. The van der Waals surface area contributed by atoms with Gasteiger partial charge in [0.2, 0.25) is 0 Å². The van der Waals surface area contributed by atoms with Gasteiger partial charge in [-0.15, -0.1) is 19.7 Å². The zero-order chi connectivity index (χ0) is 34.8. The molecule has 3 heterocycles. The minimum Gasteiger partial charge on any atom is -0.340 e. The zero-order valence-electron chi connectivity index (χ0n) is 28.1. The number of aliphatic imine (C=N–C) groups is 1. The van der Waals surface area contributed by atoms with Crippen molar-refractivity contribution in [3.63, 3.8) is 0 Å². The van der Waals surface area contributed by atoms with Gasteiger partial charge in [-0.05, 0) is 79.1 Å². The first-order valence-electron chi connectivity index (χ1n) is 17.3. The van der Waals surface area contributed by atoms with E-state index in [1.165, 1.54) is 12.1 Å². The van der Waals surface area contributed by atoms with Crippen LogP contribution in [0, 0.1) is 34.4 Å². The summed E-state index contributed by atoms with van der Waals surface area (Å²) in [5.41, 5.74) is 2.74. The number of nitrogens with zero attached hydrogens (tertiary/aromatic N) is 5. The first-order chi connectivity index (χ1) is 24.4. The predicted octanol–water partition coefficient (Wildman–Crippen LogP) is 6.10. The first-order valence-corrected chi connectivity index (χ1v) is 17.3. The highest BCUT2D eigenvalue weighted by molar-refractivity contribution is 5.96. The number of aromatic nitrogens is 3. The minimum absolute atomic E-state index is 0.0273. The van der Waals surface area contributed by atoms with Crippen molar-refractivity contribution in [2.24, 2.45) is 28.2 Å². The molecule has 10 heteroatoms. The van der Waals surface area contributed by atoms with Crippen molar-refractivity contribution < 1.29 is 4.39 Å². The fourth-order valence-corrected chi connectivity index (χ4v) is 8.18. The van der Waals surface area contributed by atoms with E-state index >= 15 is 0 Å². The van der Waals surface area contributed by atoms with E-state index in [0.717, 1.165) is 48.7 Å². The highest BCUT2D eigenvalue weighted by atomic mass is 19.1. The largest absolute Gasteiger partial charge is 0.340 e. The van der Waals surface area contributed by atoms with Gasteiger partial charge in [0, 0.05) is 73.4 Å². The second-order valence-electron chi connectivity index (χ2n) is 13.6. The smallest absolute Gasteiger partial charge is 0.261 e. The molecule has 2 aromatic carbocycles. The fraction of sp³-hybridized carbons (Fsp3) is 0.325. The van der Waals surface area contributed by atoms with E-state index in [9.17, 15) is 9.18 Å². The van der Waals surface area contributed by atoms with Crippen molar-refractivity contribution >= 4 is 28.8 Å². The Labute approximate surface area is 291 Å². The molecule has 1 aliphatic heterocycles. The lowest BCUT2D eigenvalue weighted by molar-refractivity contribution is -0.0473. The molecule has 3 N–H and O–H groups in total. The van der Waals surface area contributed by atoms with Gasteiger partial charge in [-0.25, -0.2) is 14.4 Å². The number of piperazine rings is 1. The summed E-state index contributed by atoms with van der Waals surface area (Å²) in [5.74, 6) is 1.62. The third kappa shape index (κ3) is 6.08. The van der Waals surface area contributed by atoms with E-state index in [-0.39, 0.29) is 40.7 Å². The van der Waals surface area contributed by atoms with Crippen molar-refractivity contribution in [2.45, 2.75) is 37.9 Å². The van der Waals surface area contributed by atoms with Gasteiger partial charge in [0.25, 0.3) is 5.56 Å². The third-order valence-electron chi connectivity index (χ3n) is 11.0. The number of hydrogen-bond acceptors (Lipinski definition) is 6. The molecule has 2 bridgehead atoms. The summed E-state index contributed by atoms with van der Waals surface area (Å²) in [6.07, 6.45) is 13.4. The SMILES string of the molecule is C=C[C@H]1CN(C(=N[C@H]2C[C@H]3C[C@@H]([C@@H]2C=N)C3(C=C)C=C)Nc2ccc3c(=O)n(CCc4ccc(F)cc4)c(-c4ccncc4)nc3c2)CCN1. The second-order valence-corrected chi connectivity index (χ2v) is 13.6. The van der Waals surface area contributed by atoms with Gasteiger partial charge >= 0.3 is 0 Å². The molecule has 50 heavy (non-hydrogen) atoms. The van der Waals surface area contributed by atoms with Crippen LogP contribution in [-0.2, 0) is 13.0 Å². The summed E-state index contributed by atoms with van der Waals surface area (Å²) in [4.78, 5) is 30.9. The Balaban J connectivity index is 1.25. The predicted molar refractivity (Wildman–Crippen MR) is 199 cm³/mol. The van der Waals surface area contributed by atoms with Gasteiger partial charge < -0.3 is 20.9 Å². The molecule has 0 radical (unpaired) electrons. The molecule has 0 spiro atoms. The molecule has 4 aliphatic rings. The standard InChI is InChI=1S/C40H43FN8O/c1-4-30-25-48(20-18-44-30)39(47-35-22-28-21-34(33(35)24-42)40(28,5-2)6-3)45-31-11-12-32-36(23-31)46-37(27-13-16-43-17-14-27)49(38(32)50)19-15-26-7-9-29(41)10-8-26/h4-14,16-17,23-24,28,30,33-35,42,44H,1-3,15,18-22,25H2,(H,45,47)/t28-,30+,33+,34+,35+/m1/s1. The van der Waals surface area contributed by atoms with Gasteiger partial charge in [0.15, 0.2) is 5.96 Å². The Kier molecular flexibility index (Phi) is 9.29. The lowest BCUT2D eigenvalue weighted by atomic mass is 9.43. The summed E-state index contributed by atoms with van der Waals surface area (Å²) in [6, 6.07) is 15.7. The Morgan fingerprint density at radius 1 is 1.10 bits per heavy atom. The molecular weight excluding hydrogens is 627 g/mol. The molecule has 8 rings (SSSR count). The average Bonchev–Trinajstić information content (AvgIpc) is 3.15.